The highest BCUT2D eigenvalue weighted by Gasteiger charge is 2.09. The summed E-state index contributed by atoms with van der Waals surface area (Å²) in [6, 6.07) is 8.45. The van der Waals surface area contributed by atoms with E-state index in [0.29, 0.717) is 11.5 Å². The summed E-state index contributed by atoms with van der Waals surface area (Å²) in [6.07, 6.45) is 1.21. The number of hydrogen-bond acceptors (Lipinski definition) is 4. The summed E-state index contributed by atoms with van der Waals surface area (Å²) in [5.41, 5.74) is 0.137. The number of para-hydroxylation sites is 1. The summed E-state index contributed by atoms with van der Waals surface area (Å²) >= 11 is 1.39. The van der Waals surface area contributed by atoms with E-state index < -0.39 is 5.97 Å². The number of thioether (sulfide) groups is 1. The number of carboxylic acid groups (broad SMARTS) is 1. The summed E-state index contributed by atoms with van der Waals surface area (Å²) in [5, 5.41) is 18.3. The summed E-state index contributed by atoms with van der Waals surface area (Å²) in [6.45, 7) is 0. The van der Waals surface area contributed by atoms with Crippen molar-refractivity contribution < 1.29 is 19.4 Å². The second-order valence-electron chi connectivity index (χ2n) is 3.36. The third-order valence-electron chi connectivity index (χ3n) is 2.14. The summed E-state index contributed by atoms with van der Waals surface area (Å²) in [4.78, 5) is 11.4. The molecule has 0 amide bonds. The molecule has 0 atom stereocenters. The summed E-state index contributed by atoms with van der Waals surface area (Å²) in [5.74, 6) is 0.246. The van der Waals surface area contributed by atoms with Crippen LogP contribution in [0, 0.1) is 0 Å². The highest BCUT2D eigenvalue weighted by molar-refractivity contribution is 7.98. The van der Waals surface area contributed by atoms with Gasteiger partial charge in [-0.1, -0.05) is 12.1 Å². The van der Waals surface area contributed by atoms with Crippen LogP contribution in [-0.4, -0.2) is 16.2 Å². The van der Waals surface area contributed by atoms with Gasteiger partial charge < -0.3 is 14.6 Å². The van der Waals surface area contributed by atoms with Crippen LogP contribution >= 0.6 is 11.8 Å². The second-order valence-corrected chi connectivity index (χ2v) is 4.38. The van der Waals surface area contributed by atoms with Gasteiger partial charge in [-0.25, -0.2) is 4.79 Å². The smallest absolute Gasteiger partial charge is 0.338 e. The fraction of sp³-hybridized carbons (Fsp3) is 0.0833. The predicted octanol–water partition coefficient (Wildman–Crippen LogP) is 2.98. The van der Waals surface area contributed by atoms with Gasteiger partial charge >= 0.3 is 5.97 Å². The minimum Gasteiger partial charge on any atom is -0.507 e. The Morgan fingerprint density at radius 2 is 2.12 bits per heavy atom. The monoisotopic (exact) mass is 250 g/mol. The molecule has 2 rings (SSSR count). The largest absolute Gasteiger partial charge is 0.507 e. The zero-order valence-corrected chi connectivity index (χ0v) is 9.61. The van der Waals surface area contributed by atoms with Crippen LogP contribution in [0.5, 0.6) is 5.75 Å². The van der Waals surface area contributed by atoms with Gasteiger partial charge in [-0.3, -0.25) is 0 Å². The average Bonchev–Trinajstić information content (AvgIpc) is 2.77. The van der Waals surface area contributed by atoms with Gasteiger partial charge in [0.15, 0.2) is 0 Å². The molecule has 0 aliphatic carbocycles. The highest BCUT2D eigenvalue weighted by atomic mass is 32.2. The van der Waals surface area contributed by atoms with Crippen LogP contribution in [0.3, 0.4) is 0 Å². The Morgan fingerprint density at radius 3 is 2.76 bits per heavy atom. The zero-order valence-electron chi connectivity index (χ0n) is 8.79. The van der Waals surface area contributed by atoms with E-state index in [4.69, 9.17) is 9.52 Å². The molecule has 0 unspecified atom stereocenters. The molecule has 0 saturated carbocycles. The Kier molecular flexibility index (Phi) is 3.39. The number of carbonyl (C=O) groups is 1. The quantitative estimate of drug-likeness (QED) is 0.816. The van der Waals surface area contributed by atoms with Crippen molar-refractivity contribution >= 4 is 17.7 Å². The van der Waals surface area contributed by atoms with E-state index in [1.165, 1.54) is 24.1 Å². The van der Waals surface area contributed by atoms with Crippen LogP contribution in [0.4, 0.5) is 0 Å². The molecule has 0 fully saturated rings. The van der Waals surface area contributed by atoms with Crippen molar-refractivity contribution in [1.29, 1.82) is 0 Å². The van der Waals surface area contributed by atoms with Gasteiger partial charge in [0, 0.05) is 4.90 Å². The van der Waals surface area contributed by atoms with Crippen molar-refractivity contribution in [3.05, 3.63) is 47.9 Å². The number of benzene rings is 1. The normalized spacial score (nSPS) is 10.4. The number of hydrogen-bond donors (Lipinski definition) is 2. The number of rotatable bonds is 4. The van der Waals surface area contributed by atoms with Gasteiger partial charge in [-0.2, -0.15) is 0 Å². The van der Waals surface area contributed by atoms with E-state index >= 15 is 0 Å². The van der Waals surface area contributed by atoms with Crippen LogP contribution in [0.2, 0.25) is 0 Å². The SMILES string of the molecule is O=C(O)c1coc(CSc2ccccc2O)c1. The first-order valence-corrected chi connectivity index (χ1v) is 5.87. The first-order valence-electron chi connectivity index (χ1n) is 4.88. The molecule has 0 aliphatic rings. The van der Waals surface area contributed by atoms with E-state index in [1.54, 1.807) is 18.2 Å². The number of phenols is 1. The molecule has 0 spiro atoms. The lowest BCUT2D eigenvalue weighted by atomic mass is 10.3. The summed E-state index contributed by atoms with van der Waals surface area (Å²) in [7, 11) is 0. The molecule has 0 aliphatic heterocycles. The van der Waals surface area contributed by atoms with Crippen molar-refractivity contribution in [3.8, 4) is 5.75 Å². The molecule has 1 aromatic heterocycles. The molecular formula is C12H10O4S. The van der Waals surface area contributed by atoms with E-state index in [-0.39, 0.29) is 11.3 Å². The number of phenolic OH excluding ortho intramolecular Hbond substituents is 1. The molecule has 2 aromatic rings. The van der Waals surface area contributed by atoms with Gasteiger partial charge in [0.2, 0.25) is 0 Å². The molecule has 0 bridgehead atoms. The van der Waals surface area contributed by atoms with Gasteiger partial charge in [-0.05, 0) is 18.2 Å². The first kappa shape index (κ1) is 11.6. The van der Waals surface area contributed by atoms with Gasteiger partial charge in [0.25, 0.3) is 0 Å². The highest BCUT2D eigenvalue weighted by Crippen LogP contribution is 2.30. The second kappa shape index (κ2) is 4.97. The maximum Gasteiger partial charge on any atom is 0.338 e. The standard InChI is InChI=1S/C12H10O4S/c13-10-3-1-2-4-11(10)17-7-9-5-8(6-16-9)12(14)15/h1-6,13H,7H2,(H,14,15). The summed E-state index contributed by atoms with van der Waals surface area (Å²) < 4.78 is 5.10. The maximum atomic E-state index is 10.6. The van der Waals surface area contributed by atoms with Crippen molar-refractivity contribution in [2.45, 2.75) is 10.6 Å². The number of aromatic hydroxyl groups is 1. The predicted molar refractivity (Wildman–Crippen MR) is 63.3 cm³/mol. The molecule has 0 radical (unpaired) electrons. The van der Waals surface area contributed by atoms with Crippen LogP contribution in [-0.2, 0) is 5.75 Å². The molecule has 4 nitrogen and oxygen atoms in total. The van der Waals surface area contributed by atoms with E-state index in [1.807, 2.05) is 6.07 Å². The van der Waals surface area contributed by atoms with Crippen LogP contribution in [0.1, 0.15) is 16.1 Å². The third-order valence-corrected chi connectivity index (χ3v) is 3.22. The van der Waals surface area contributed by atoms with E-state index in [9.17, 15) is 9.90 Å². The van der Waals surface area contributed by atoms with Crippen molar-refractivity contribution in [2.75, 3.05) is 0 Å². The fourth-order valence-electron chi connectivity index (χ4n) is 1.30. The minimum atomic E-state index is -1.01. The lowest BCUT2D eigenvalue weighted by molar-refractivity contribution is 0.0696. The van der Waals surface area contributed by atoms with Gasteiger partial charge in [-0.15, -0.1) is 11.8 Å². The number of carboxylic acids is 1. The topological polar surface area (TPSA) is 70.7 Å². The molecule has 1 heterocycles. The van der Waals surface area contributed by atoms with Crippen LogP contribution in [0.25, 0.3) is 0 Å². The molecule has 5 heteroatoms. The van der Waals surface area contributed by atoms with E-state index in [0.717, 1.165) is 4.90 Å². The third kappa shape index (κ3) is 2.82. The van der Waals surface area contributed by atoms with Gasteiger partial charge in [0.1, 0.15) is 17.8 Å². The maximum absolute atomic E-state index is 10.6. The van der Waals surface area contributed by atoms with E-state index in [2.05, 4.69) is 0 Å². The van der Waals surface area contributed by atoms with Crippen LogP contribution in [0.15, 0.2) is 45.9 Å². The Bertz CT molecular complexity index is 533. The minimum absolute atomic E-state index is 0.137. The molecule has 1 aromatic carbocycles. The first-order chi connectivity index (χ1) is 8.16. The number of aromatic carboxylic acids is 1. The van der Waals surface area contributed by atoms with Crippen LogP contribution < -0.4 is 0 Å². The van der Waals surface area contributed by atoms with Crippen molar-refractivity contribution in [2.24, 2.45) is 0 Å². The zero-order chi connectivity index (χ0) is 12.3. The molecular weight excluding hydrogens is 240 g/mol. The molecule has 88 valence electrons. The Labute approximate surface area is 102 Å². The Balaban J connectivity index is 2.02. The average molecular weight is 250 g/mol. The Hall–Kier alpha value is -1.88. The fourth-order valence-corrected chi connectivity index (χ4v) is 2.14. The van der Waals surface area contributed by atoms with Gasteiger partial charge in [0.05, 0.1) is 11.3 Å². The molecule has 2 N–H and O–H groups in total. The molecule has 0 saturated heterocycles. The molecule has 17 heavy (non-hydrogen) atoms. The number of furan rings is 1. The lowest BCUT2D eigenvalue weighted by Crippen LogP contribution is -1.91. The van der Waals surface area contributed by atoms with Crippen molar-refractivity contribution in [3.63, 3.8) is 0 Å². The van der Waals surface area contributed by atoms with Crippen molar-refractivity contribution in [1.82, 2.24) is 0 Å². The lowest BCUT2D eigenvalue weighted by Gasteiger charge is -2.01. The Morgan fingerprint density at radius 1 is 1.35 bits per heavy atom.